The van der Waals surface area contributed by atoms with E-state index in [1.807, 2.05) is 0 Å². The number of anilines is 1. The number of aryl methyl sites for hydroxylation is 1. The quantitative estimate of drug-likeness (QED) is 0.882. The third-order valence-electron chi connectivity index (χ3n) is 2.94. The number of nitrogens with one attached hydrogen (secondary N) is 1. The third kappa shape index (κ3) is 3.78. The summed E-state index contributed by atoms with van der Waals surface area (Å²) in [6, 6.07) is 8.86. The lowest BCUT2D eigenvalue weighted by atomic mass is 10.1. The Morgan fingerprint density at radius 1 is 1.14 bits per heavy atom. The number of nitrogens with two attached hydrogens (primary N) is 1. The molecule has 0 aromatic heterocycles. The van der Waals surface area contributed by atoms with Crippen molar-refractivity contribution < 1.29 is 13.2 Å². The predicted molar refractivity (Wildman–Crippen MR) is 87.0 cm³/mol. The van der Waals surface area contributed by atoms with Gasteiger partial charge in [-0.3, -0.25) is 4.79 Å². The number of hydrogen-bond acceptors (Lipinski definition) is 3. The second-order valence-electron chi connectivity index (χ2n) is 4.60. The fourth-order valence-electron chi connectivity index (χ4n) is 1.82. The van der Waals surface area contributed by atoms with Crippen LogP contribution in [0.2, 0.25) is 10.0 Å². The monoisotopic (exact) mass is 358 g/mol. The fraction of sp³-hybridized carbons (Fsp3) is 0.0714. The van der Waals surface area contributed by atoms with Gasteiger partial charge >= 0.3 is 0 Å². The molecule has 8 heteroatoms. The molecule has 0 fully saturated rings. The van der Waals surface area contributed by atoms with E-state index in [9.17, 15) is 13.2 Å². The molecule has 116 valence electrons. The molecule has 0 aliphatic heterocycles. The van der Waals surface area contributed by atoms with E-state index in [1.54, 1.807) is 25.1 Å². The van der Waals surface area contributed by atoms with Crippen LogP contribution < -0.4 is 10.5 Å². The van der Waals surface area contributed by atoms with Gasteiger partial charge in [0.15, 0.2) is 0 Å². The number of hydrogen-bond donors (Lipinski definition) is 2. The van der Waals surface area contributed by atoms with Crippen LogP contribution in [0.3, 0.4) is 0 Å². The van der Waals surface area contributed by atoms with Gasteiger partial charge in [0, 0.05) is 16.3 Å². The highest BCUT2D eigenvalue weighted by Gasteiger charge is 2.16. The zero-order valence-electron chi connectivity index (χ0n) is 11.4. The van der Waals surface area contributed by atoms with Gasteiger partial charge in [0.1, 0.15) is 4.90 Å². The molecule has 1 amide bonds. The molecule has 0 spiro atoms. The van der Waals surface area contributed by atoms with Crippen LogP contribution in [0.4, 0.5) is 5.69 Å². The average molecular weight is 359 g/mol. The van der Waals surface area contributed by atoms with Crippen molar-refractivity contribution in [2.75, 3.05) is 5.32 Å². The lowest BCUT2D eigenvalue weighted by Crippen LogP contribution is -2.16. The minimum atomic E-state index is -4.01. The molecule has 0 unspecified atom stereocenters. The summed E-state index contributed by atoms with van der Waals surface area (Å²) in [6.45, 7) is 1.79. The van der Waals surface area contributed by atoms with E-state index < -0.39 is 15.9 Å². The normalized spacial score (nSPS) is 11.3. The Morgan fingerprint density at radius 2 is 1.82 bits per heavy atom. The Hall–Kier alpha value is -1.60. The van der Waals surface area contributed by atoms with Gasteiger partial charge in [-0.25, -0.2) is 13.6 Å². The van der Waals surface area contributed by atoms with Crippen molar-refractivity contribution >= 4 is 44.8 Å². The Morgan fingerprint density at radius 3 is 2.41 bits per heavy atom. The first-order valence-electron chi connectivity index (χ1n) is 6.08. The number of carbonyl (C=O) groups is 1. The highest BCUT2D eigenvalue weighted by molar-refractivity contribution is 7.89. The van der Waals surface area contributed by atoms with Crippen LogP contribution in [0.25, 0.3) is 0 Å². The molecule has 2 aromatic carbocycles. The van der Waals surface area contributed by atoms with E-state index >= 15 is 0 Å². The Bertz CT molecular complexity index is 851. The van der Waals surface area contributed by atoms with Crippen LogP contribution in [0, 0.1) is 6.92 Å². The van der Waals surface area contributed by atoms with Crippen LogP contribution in [0.5, 0.6) is 0 Å². The number of benzene rings is 2. The zero-order chi connectivity index (χ0) is 16.5. The molecule has 0 atom stereocenters. The van der Waals surface area contributed by atoms with Gasteiger partial charge < -0.3 is 5.32 Å². The van der Waals surface area contributed by atoms with Crippen molar-refractivity contribution in [3.8, 4) is 0 Å². The third-order valence-corrected chi connectivity index (χ3v) is 4.56. The van der Waals surface area contributed by atoms with Gasteiger partial charge in [-0.2, -0.15) is 0 Å². The lowest BCUT2D eigenvalue weighted by molar-refractivity contribution is 0.102. The Kier molecular flexibility index (Phi) is 4.77. The molecule has 0 saturated heterocycles. The van der Waals surface area contributed by atoms with Crippen LogP contribution in [-0.2, 0) is 10.0 Å². The molecule has 0 radical (unpaired) electrons. The topological polar surface area (TPSA) is 89.3 Å². The average Bonchev–Trinajstić information content (AvgIpc) is 2.41. The minimum Gasteiger partial charge on any atom is -0.322 e. The molecular weight excluding hydrogens is 347 g/mol. The van der Waals surface area contributed by atoms with E-state index in [4.69, 9.17) is 28.3 Å². The summed E-state index contributed by atoms with van der Waals surface area (Å²) in [4.78, 5) is 11.9. The predicted octanol–water partition coefficient (Wildman–Crippen LogP) is 3.20. The molecule has 0 saturated carbocycles. The van der Waals surface area contributed by atoms with E-state index in [0.29, 0.717) is 10.7 Å². The number of sulfonamides is 1. The van der Waals surface area contributed by atoms with Crippen molar-refractivity contribution in [1.29, 1.82) is 0 Å². The number of amides is 1. The first kappa shape index (κ1) is 16.8. The van der Waals surface area contributed by atoms with Gasteiger partial charge in [-0.1, -0.05) is 23.2 Å². The number of halogens is 2. The first-order valence-corrected chi connectivity index (χ1v) is 8.38. The van der Waals surface area contributed by atoms with Crippen LogP contribution in [0.15, 0.2) is 41.3 Å². The van der Waals surface area contributed by atoms with Gasteiger partial charge in [0.2, 0.25) is 10.0 Å². The standard InChI is InChI=1S/C14H12Cl2N2O3S/c1-8-6-10(15)3-5-12(8)18-14(19)9-2-4-11(16)13(7-9)22(17,20)21/h2-7H,1H3,(H,18,19)(H2,17,20,21). The maximum atomic E-state index is 12.2. The van der Waals surface area contributed by atoms with Crippen LogP contribution >= 0.6 is 23.2 Å². The number of primary sulfonamides is 1. The van der Waals surface area contributed by atoms with Crippen LogP contribution in [-0.4, -0.2) is 14.3 Å². The summed E-state index contributed by atoms with van der Waals surface area (Å²) >= 11 is 11.6. The van der Waals surface area contributed by atoms with E-state index in [-0.39, 0.29) is 15.5 Å². The highest BCUT2D eigenvalue weighted by atomic mass is 35.5. The molecule has 2 rings (SSSR count). The molecule has 5 nitrogen and oxygen atoms in total. The van der Waals surface area contributed by atoms with Crippen molar-refractivity contribution in [1.82, 2.24) is 0 Å². The molecule has 3 N–H and O–H groups in total. The highest BCUT2D eigenvalue weighted by Crippen LogP contribution is 2.23. The lowest BCUT2D eigenvalue weighted by Gasteiger charge is -2.10. The number of rotatable bonds is 3. The molecule has 22 heavy (non-hydrogen) atoms. The smallest absolute Gasteiger partial charge is 0.255 e. The van der Waals surface area contributed by atoms with Crippen LogP contribution in [0.1, 0.15) is 15.9 Å². The second-order valence-corrected chi connectivity index (χ2v) is 6.98. The van der Waals surface area contributed by atoms with Gasteiger partial charge in [0.25, 0.3) is 5.91 Å². The van der Waals surface area contributed by atoms with Crippen molar-refractivity contribution in [3.63, 3.8) is 0 Å². The second kappa shape index (κ2) is 6.26. The van der Waals surface area contributed by atoms with E-state index in [0.717, 1.165) is 11.6 Å². The fourth-order valence-corrected chi connectivity index (χ4v) is 3.12. The van der Waals surface area contributed by atoms with Crippen molar-refractivity contribution in [3.05, 3.63) is 57.6 Å². The van der Waals surface area contributed by atoms with Gasteiger partial charge in [0.05, 0.1) is 5.02 Å². The minimum absolute atomic E-state index is 0.0401. The molecule has 0 bridgehead atoms. The SMILES string of the molecule is Cc1cc(Cl)ccc1NC(=O)c1ccc(Cl)c(S(N)(=O)=O)c1. The maximum Gasteiger partial charge on any atom is 0.255 e. The first-order chi connectivity index (χ1) is 10.2. The summed E-state index contributed by atoms with van der Waals surface area (Å²) in [5.74, 6) is -0.480. The summed E-state index contributed by atoms with van der Waals surface area (Å²) in [5.41, 5.74) is 1.48. The summed E-state index contributed by atoms with van der Waals surface area (Å²) in [6.07, 6.45) is 0. The number of carbonyl (C=O) groups excluding carboxylic acids is 1. The molecule has 0 aliphatic rings. The Balaban J connectivity index is 2.34. The van der Waals surface area contributed by atoms with Crippen molar-refractivity contribution in [2.45, 2.75) is 11.8 Å². The summed E-state index contributed by atoms with van der Waals surface area (Å²) < 4.78 is 22.9. The molecule has 0 aliphatic carbocycles. The van der Waals surface area contributed by atoms with Gasteiger partial charge in [-0.05, 0) is 48.9 Å². The molecular formula is C14H12Cl2N2O3S. The Labute approximate surface area is 138 Å². The zero-order valence-corrected chi connectivity index (χ0v) is 13.8. The summed E-state index contributed by atoms with van der Waals surface area (Å²) in [7, 11) is -4.01. The molecule has 0 heterocycles. The molecule has 2 aromatic rings. The maximum absolute atomic E-state index is 12.2. The summed E-state index contributed by atoms with van der Waals surface area (Å²) in [5, 5.41) is 8.25. The largest absolute Gasteiger partial charge is 0.322 e. The van der Waals surface area contributed by atoms with E-state index in [2.05, 4.69) is 5.32 Å². The van der Waals surface area contributed by atoms with Gasteiger partial charge in [-0.15, -0.1) is 0 Å². The van der Waals surface area contributed by atoms with Crippen molar-refractivity contribution in [2.24, 2.45) is 5.14 Å². The van der Waals surface area contributed by atoms with E-state index in [1.165, 1.54) is 12.1 Å².